The number of likely N-dealkylation sites (N-methyl/N-ethyl adjacent to an activating group) is 1. The number of hydrogen-bond acceptors (Lipinski definition) is 6. The highest BCUT2D eigenvalue weighted by molar-refractivity contribution is 7.47. The molecule has 0 bridgehead atoms. The molecule has 418 valence electrons. The van der Waals surface area contributed by atoms with Gasteiger partial charge in [-0.25, -0.2) is 4.57 Å². The lowest BCUT2D eigenvalue weighted by Gasteiger charge is -2.27. The first kappa shape index (κ1) is 69.2. The van der Waals surface area contributed by atoms with Crippen molar-refractivity contribution in [2.24, 2.45) is 0 Å². The Morgan fingerprint density at radius 1 is 0.493 bits per heavy atom. The van der Waals surface area contributed by atoms with E-state index in [4.69, 9.17) is 13.8 Å². The number of amides is 1. The van der Waals surface area contributed by atoms with Crippen molar-refractivity contribution in [2.75, 3.05) is 40.9 Å². The molecule has 0 aromatic carbocycles. The number of nitrogens with zero attached hydrogens (tertiary/aromatic N) is 1. The molecule has 0 radical (unpaired) electrons. The Labute approximate surface area is 440 Å². The first-order valence-corrected chi connectivity index (χ1v) is 31.8. The molecule has 0 aromatic rings. The normalized spacial score (nSPS) is 14.0. The van der Waals surface area contributed by atoms with Crippen LogP contribution in [0.2, 0.25) is 0 Å². The van der Waals surface area contributed by atoms with E-state index in [-0.39, 0.29) is 31.5 Å². The topological polar surface area (TPSA) is 111 Å². The second kappa shape index (κ2) is 51.7. The molecule has 0 aliphatic heterocycles. The number of phosphoric acid groups is 1. The number of phosphoric ester groups is 1. The predicted octanol–water partition coefficient (Wildman–Crippen LogP) is 18.3. The number of carbonyl (C=O) groups excluding carboxylic acids is 2. The van der Waals surface area contributed by atoms with Gasteiger partial charge in [0.25, 0.3) is 0 Å². The summed E-state index contributed by atoms with van der Waals surface area (Å²) >= 11 is 0. The van der Waals surface area contributed by atoms with E-state index in [0.717, 1.165) is 77.0 Å². The van der Waals surface area contributed by atoms with E-state index in [1.807, 2.05) is 33.3 Å². The number of rotatable bonds is 55. The Balaban J connectivity index is 5.29. The molecule has 2 N–H and O–H groups in total. The summed E-state index contributed by atoms with van der Waals surface area (Å²) in [5, 5.41) is 3.06. The van der Waals surface area contributed by atoms with E-state index in [0.29, 0.717) is 17.4 Å². The summed E-state index contributed by atoms with van der Waals surface area (Å²) in [6.07, 6.45) is 61.3. The number of quaternary nitrogens is 1. The van der Waals surface area contributed by atoms with Gasteiger partial charge in [-0.15, -0.1) is 0 Å². The number of nitrogens with one attached hydrogen (secondary N) is 1. The molecule has 3 unspecified atom stereocenters. The van der Waals surface area contributed by atoms with Gasteiger partial charge in [0.05, 0.1) is 33.8 Å². The Hall–Kier alpha value is -1.77. The molecule has 0 saturated carbocycles. The fourth-order valence-corrected chi connectivity index (χ4v) is 9.59. The Morgan fingerprint density at radius 2 is 0.859 bits per heavy atom. The van der Waals surface area contributed by atoms with Crippen LogP contribution in [0.5, 0.6) is 0 Å². The van der Waals surface area contributed by atoms with Crippen molar-refractivity contribution in [3.63, 3.8) is 0 Å². The SMILES string of the molecule is CCCCC/C=C\C/C=C\CCCCCCCCCC(=O)OC(/C=C/CCCCCCCCCCCC)C(COP(=O)(O)OCC[N+](C)(C)C)NC(=O)CCCCCCCCCCCCCCCCCC. The average Bonchev–Trinajstić information content (AvgIpc) is 3.33. The molecule has 0 aliphatic rings. The Kier molecular flexibility index (Phi) is 50.4. The van der Waals surface area contributed by atoms with Crippen molar-refractivity contribution in [3.05, 3.63) is 36.5 Å². The van der Waals surface area contributed by atoms with E-state index in [2.05, 4.69) is 50.4 Å². The maximum absolute atomic E-state index is 13.5. The van der Waals surface area contributed by atoms with Crippen molar-refractivity contribution in [2.45, 2.75) is 303 Å². The predicted molar refractivity (Wildman–Crippen MR) is 305 cm³/mol. The lowest BCUT2D eigenvalue weighted by atomic mass is 10.0. The summed E-state index contributed by atoms with van der Waals surface area (Å²) in [7, 11) is 1.50. The second-order valence-electron chi connectivity index (χ2n) is 21.9. The van der Waals surface area contributed by atoms with Crippen LogP contribution in [0.1, 0.15) is 290 Å². The van der Waals surface area contributed by atoms with Gasteiger partial charge >= 0.3 is 13.8 Å². The van der Waals surface area contributed by atoms with Gasteiger partial charge in [0, 0.05) is 12.8 Å². The molecule has 0 spiro atoms. The molecule has 0 rings (SSSR count). The van der Waals surface area contributed by atoms with E-state index < -0.39 is 20.0 Å². The maximum atomic E-state index is 13.5. The number of allylic oxidation sites excluding steroid dienone is 5. The van der Waals surface area contributed by atoms with Crippen LogP contribution < -0.4 is 5.32 Å². The summed E-state index contributed by atoms with van der Waals surface area (Å²) in [5.74, 6) is -0.502. The third kappa shape index (κ3) is 52.9. The van der Waals surface area contributed by atoms with Crippen LogP contribution in [0.3, 0.4) is 0 Å². The minimum Gasteiger partial charge on any atom is -0.456 e. The minimum absolute atomic E-state index is 0.0411. The molecular weight excluding hydrogens is 904 g/mol. The minimum atomic E-state index is -4.44. The number of ether oxygens (including phenoxy) is 1. The molecule has 0 aliphatic carbocycles. The molecular formula is C61H118N2O7P+. The zero-order chi connectivity index (χ0) is 52.2. The maximum Gasteiger partial charge on any atom is 0.472 e. The van der Waals surface area contributed by atoms with Gasteiger partial charge in [-0.2, -0.15) is 0 Å². The summed E-state index contributed by atoms with van der Waals surface area (Å²) in [5.41, 5.74) is 0. The van der Waals surface area contributed by atoms with Crippen molar-refractivity contribution >= 4 is 19.7 Å². The highest BCUT2D eigenvalue weighted by Crippen LogP contribution is 2.43. The van der Waals surface area contributed by atoms with Crippen molar-refractivity contribution in [1.82, 2.24) is 5.32 Å². The first-order valence-electron chi connectivity index (χ1n) is 30.3. The van der Waals surface area contributed by atoms with Crippen LogP contribution >= 0.6 is 7.82 Å². The quantitative estimate of drug-likeness (QED) is 0.0205. The smallest absolute Gasteiger partial charge is 0.456 e. The van der Waals surface area contributed by atoms with Crippen LogP contribution in [-0.2, 0) is 27.9 Å². The van der Waals surface area contributed by atoms with E-state index in [9.17, 15) is 19.0 Å². The fourth-order valence-electron chi connectivity index (χ4n) is 8.85. The van der Waals surface area contributed by atoms with E-state index >= 15 is 0 Å². The highest BCUT2D eigenvalue weighted by Gasteiger charge is 2.30. The molecule has 0 fully saturated rings. The number of carbonyl (C=O) groups is 2. The standard InChI is InChI=1S/C61H117N2O7P/c1-7-10-13-16-19-22-25-28-30-32-34-36-39-42-45-48-51-54-61(65)70-59(52-49-46-43-40-37-27-24-21-18-15-12-9-3)58(57-69-71(66,67)68-56-55-63(4,5)6)62-60(64)53-50-47-44-41-38-35-33-31-29-26-23-20-17-14-11-8-2/h19,22,28,30,49,52,58-59H,7-18,20-21,23-27,29,31-48,50-51,53-57H2,1-6H3,(H-,62,64,66,67)/p+1/b22-19-,30-28-,52-49+. The van der Waals surface area contributed by atoms with Gasteiger partial charge in [-0.1, -0.05) is 250 Å². The van der Waals surface area contributed by atoms with Gasteiger partial charge in [-0.05, 0) is 63.9 Å². The number of unbranched alkanes of at least 4 members (excludes halogenated alkanes) is 35. The Bertz CT molecular complexity index is 1310. The summed E-state index contributed by atoms with van der Waals surface area (Å²) in [6, 6.07) is -0.846. The number of esters is 1. The molecule has 71 heavy (non-hydrogen) atoms. The van der Waals surface area contributed by atoms with Gasteiger partial charge in [0.1, 0.15) is 19.3 Å². The molecule has 10 heteroatoms. The third-order valence-electron chi connectivity index (χ3n) is 13.6. The van der Waals surface area contributed by atoms with Crippen molar-refractivity contribution in [3.8, 4) is 0 Å². The van der Waals surface area contributed by atoms with Crippen LogP contribution in [-0.4, -0.2) is 74.3 Å². The second-order valence-corrected chi connectivity index (χ2v) is 23.3. The van der Waals surface area contributed by atoms with E-state index in [1.54, 1.807) is 0 Å². The largest absolute Gasteiger partial charge is 0.472 e. The Morgan fingerprint density at radius 3 is 1.30 bits per heavy atom. The first-order chi connectivity index (χ1) is 34.4. The molecule has 3 atom stereocenters. The van der Waals surface area contributed by atoms with Gasteiger partial charge in [0.15, 0.2) is 0 Å². The van der Waals surface area contributed by atoms with Crippen LogP contribution in [0.15, 0.2) is 36.5 Å². The average molecular weight is 1020 g/mol. The summed E-state index contributed by atoms with van der Waals surface area (Å²) in [4.78, 5) is 37.6. The molecule has 9 nitrogen and oxygen atoms in total. The number of hydrogen-bond donors (Lipinski definition) is 2. The van der Waals surface area contributed by atoms with Gasteiger partial charge in [0.2, 0.25) is 5.91 Å². The third-order valence-corrected chi connectivity index (χ3v) is 14.6. The zero-order valence-electron chi connectivity index (χ0n) is 47.7. The highest BCUT2D eigenvalue weighted by atomic mass is 31.2. The van der Waals surface area contributed by atoms with Gasteiger partial charge in [-0.3, -0.25) is 18.6 Å². The zero-order valence-corrected chi connectivity index (χ0v) is 48.6. The summed E-state index contributed by atoms with van der Waals surface area (Å²) in [6.45, 7) is 7.01. The van der Waals surface area contributed by atoms with Crippen molar-refractivity contribution < 1.29 is 37.3 Å². The molecule has 1 amide bonds. The molecule has 0 heterocycles. The molecule has 0 saturated heterocycles. The van der Waals surface area contributed by atoms with Crippen LogP contribution in [0, 0.1) is 0 Å². The van der Waals surface area contributed by atoms with Gasteiger partial charge < -0.3 is 19.4 Å². The van der Waals surface area contributed by atoms with Crippen LogP contribution in [0.4, 0.5) is 0 Å². The summed E-state index contributed by atoms with van der Waals surface area (Å²) < 4.78 is 30.7. The lowest BCUT2D eigenvalue weighted by molar-refractivity contribution is -0.870. The fraction of sp³-hybridized carbons (Fsp3) is 0.869. The monoisotopic (exact) mass is 1020 g/mol. The lowest BCUT2D eigenvalue weighted by Crippen LogP contribution is -2.47. The van der Waals surface area contributed by atoms with Crippen molar-refractivity contribution in [1.29, 1.82) is 0 Å². The molecule has 0 aromatic heterocycles. The van der Waals surface area contributed by atoms with Crippen LogP contribution in [0.25, 0.3) is 0 Å². The van der Waals surface area contributed by atoms with E-state index in [1.165, 1.54) is 180 Å².